The minimum absolute atomic E-state index is 0.0520. The number of benzene rings is 1. The van der Waals surface area contributed by atoms with E-state index in [1.807, 2.05) is 0 Å². The van der Waals surface area contributed by atoms with Gasteiger partial charge in [0.15, 0.2) is 5.75 Å². The smallest absolute Gasteiger partial charge is 0.283 e. The van der Waals surface area contributed by atoms with E-state index >= 15 is 0 Å². The highest BCUT2D eigenvalue weighted by Crippen LogP contribution is 2.55. The number of pyridine rings is 1. The lowest BCUT2D eigenvalue weighted by molar-refractivity contribution is 0.217. The molecule has 2 aromatic rings. The molecule has 26 heavy (non-hydrogen) atoms. The molecule has 0 aliphatic carbocycles. The molecule has 1 aromatic carbocycles. The highest BCUT2D eigenvalue weighted by molar-refractivity contribution is 6.29. The maximum Gasteiger partial charge on any atom is 0.283 e. The summed E-state index contributed by atoms with van der Waals surface area (Å²) < 4.78 is 16.7. The fourth-order valence-corrected chi connectivity index (χ4v) is 3.48. The lowest BCUT2D eigenvalue weighted by Crippen LogP contribution is -2.38. The summed E-state index contributed by atoms with van der Waals surface area (Å²) in [6.07, 6.45) is 0.486. The van der Waals surface area contributed by atoms with Crippen molar-refractivity contribution in [3.8, 4) is 17.4 Å². The summed E-state index contributed by atoms with van der Waals surface area (Å²) in [7, 11) is 1.48. The molecule has 2 aliphatic rings. The number of aliphatic imine (C=N–C) groups is 1. The first-order chi connectivity index (χ1) is 12.6. The lowest BCUT2D eigenvalue weighted by atomic mass is 9.78. The van der Waals surface area contributed by atoms with Crippen molar-refractivity contribution in [1.82, 2.24) is 4.98 Å². The standard InChI is InChI=1S/C16H13ClN6O3/c1-24-14-13-10(7-12(17)20-14)16(4-5-25-15(18)21-16)9-6-8(22-23-19)2-3-11(9)26-13/h2-3,6-7H,4-5H2,1H3,(H2,18,21)/t16-/m0/s1. The fraction of sp³-hybridized carbons (Fsp3) is 0.250. The van der Waals surface area contributed by atoms with E-state index in [4.69, 9.17) is 37.1 Å². The third-order valence-corrected chi connectivity index (χ3v) is 4.54. The lowest BCUT2D eigenvalue weighted by Gasteiger charge is -2.39. The van der Waals surface area contributed by atoms with Crippen LogP contribution in [0, 0.1) is 0 Å². The van der Waals surface area contributed by atoms with Gasteiger partial charge in [-0.3, -0.25) is 0 Å². The Balaban J connectivity index is 2.06. The normalized spacial score (nSPS) is 20.0. The number of nitrogens with zero attached hydrogens (tertiary/aromatic N) is 5. The molecule has 1 spiro atoms. The Kier molecular flexibility index (Phi) is 3.75. The average molecular weight is 373 g/mol. The van der Waals surface area contributed by atoms with Crippen LogP contribution in [0.1, 0.15) is 17.5 Å². The number of ether oxygens (including phenoxy) is 3. The molecule has 10 heteroatoms. The van der Waals surface area contributed by atoms with Crippen molar-refractivity contribution in [3.63, 3.8) is 0 Å². The van der Waals surface area contributed by atoms with Gasteiger partial charge < -0.3 is 19.9 Å². The van der Waals surface area contributed by atoms with E-state index in [1.165, 1.54) is 7.11 Å². The van der Waals surface area contributed by atoms with E-state index in [0.29, 0.717) is 41.3 Å². The number of hydrogen-bond acceptors (Lipinski definition) is 7. The molecule has 0 saturated heterocycles. The molecule has 1 aromatic heterocycles. The van der Waals surface area contributed by atoms with Gasteiger partial charge in [-0.25, -0.2) is 4.99 Å². The molecule has 2 aliphatic heterocycles. The summed E-state index contributed by atoms with van der Waals surface area (Å²) in [6, 6.07) is 6.81. The Bertz CT molecular complexity index is 988. The maximum absolute atomic E-state index is 8.75. The van der Waals surface area contributed by atoms with Gasteiger partial charge >= 0.3 is 0 Å². The molecule has 3 heterocycles. The van der Waals surface area contributed by atoms with Gasteiger partial charge in [0.25, 0.3) is 11.9 Å². The number of methoxy groups -OCH3 is 1. The van der Waals surface area contributed by atoms with Gasteiger partial charge in [0.1, 0.15) is 16.4 Å². The fourth-order valence-electron chi connectivity index (χ4n) is 3.29. The number of rotatable bonds is 2. The van der Waals surface area contributed by atoms with Gasteiger partial charge in [0.2, 0.25) is 0 Å². The molecule has 0 saturated carbocycles. The molecule has 2 N–H and O–H groups in total. The Labute approximate surface area is 153 Å². The van der Waals surface area contributed by atoms with E-state index in [1.54, 1.807) is 24.3 Å². The van der Waals surface area contributed by atoms with Crippen LogP contribution in [-0.2, 0) is 10.3 Å². The van der Waals surface area contributed by atoms with Crippen molar-refractivity contribution in [1.29, 1.82) is 0 Å². The molecule has 0 fully saturated rings. The highest BCUT2D eigenvalue weighted by Gasteiger charge is 2.46. The van der Waals surface area contributed by atoms with Crippen molar-refractivity contribution in [2.75, 3.05) is 13.7 Å². The SMILES string of the molecule is COc1nc(Cl)cc2c1Oc1ccc(N=[N+]=[N-])cc1[C@@]21CCOC(N)=N1. The van der Waals surface area contributed by atoms with Gasteiger partial charge in [-0.2, -0.15) is 4.98 Å². The first kappa shape index (κ1) is 16.3. The molecule has 0 bridgehead atoms. The number of fused-ring (bicyclic) bond motifs is 4. The predicted molar refractivity (Wildman–Crippen MR) is 94.1 cm³/mol. The van der Waals surface area contributed by atoms with Crippen molar-refractivity contribution < 1.29 is 14.2 Å². The number of amidine groups is 1. The second-order valence-electron chi connectivity index (χ2n) is 5.71. The quantitative estimate of drug-likeness (QED) is 0.371. The Morgan fingerprint density at radius 3 is 2.96 bits per heavy atom. The van der Waals surface area contributed by atoms with Crippen molar-refractivity contribution in [2.45, 2.75) is 12.0 Å². The molecule has 0 amide bonds. The summed E-state index contributed by atoms with van der Waals surface area (Å²) in [5.41, 5.74) is 15.5. The van der Waals surface area contributed by atoms with E-state index in [0.717, 1.165) is 0 Å². The van der Waals surface area contributed by atoms with Crippen LogP contribution >= 0.6 is 11.6 Å². The van der Waals surface area contributed by atoms with Crippen LogP contribution < -0.4 is 15.2 Å². The van der Waals surface area contributed by atoms with E-state index in [9.17, 15) is 0 Å². The molecule has 1 atom stereocenters. The van der Waals surface area contributed by atoms with E-state index in [2.05, 4.69) is 20.0 Å². The van der Waals surface area contributed by atoms with Crippen LogP contribution in [0.3, 0.4) is 0 Å². The van der Waals surface area contributed by atoms with Crippen molar-refractivity contribution >= 4 is 23.3 Å². The molecule has 132 valence electrons. The first-order valence-electron chi connectivity index (χ1n) is 7.68. The molecular weight excluding hydrogens is 360 g/mol. The van der Waals surface area contributed by atoms with Crippen LogP contribution in [-0.4, -0.2) is 24.7 Å². The zero-order valence-corrected chi connectivity index (χ0v) is 14.4. The number of nitrogens with two attached hydrogens (primary N) is 1. The second-order valence-corrected chi connectivity index (χ2v) is 6.10. The maximum atomic E-state index is 8.75. The molecular formula is C16H13ClN6O3. The average Bonchev–Trinajstić information content (AvgIpc) is 2.63. The van der Waals surface area contributed by atoms with Crippen LogP contribution in [0.5, 0.6) is 17.4 Å². The highest BCUT2D eigenvalue weighted by atomic mass is 35.5. The topological polar surface area (TPSA) is 128 Å². The van der Waals surface area contributed by atoms with Gasteiger partial charge in [-0.05, 0) is 29.8 Å². The minimum Gasteiger partial charge on any atom is -0.478 e. The van der Waals surface area contributed by atoms with Crippen LogP contribution in [0.2, 0.25) is 5.15 Å². The predicted octanol–water partition coefficient (Wildman–Crippen LogP) is 3.77. The minimum atomic E-state index is -0.911. The summed E-state index contributed by atoms with van der Waals surface area (Å²) in [6.45, 7) is 0.349. The summed E-state index contributed by atoms with van der Waals surface area (Å²) in [5, 5.41) is 3.90. The van der Waals surface area contributed by atoms with Crippen molar-refractivity contribution in [2.24, 2.45) is 15.8 Å². The third kappa shape index (κ3) is 2.37. The van der Waals surface area contributed by atoms with Crippen LogP contribution in [0.4, 0.5) is 5.69 Å². The number of aromatic nitrogens is 1. The zero-order chi connectivity index (χ0) is 18.3. The second kappa shape index (κ2) is 5.98. The van der Waals surface area contributed by atoms with Gasteiger partial charge in [-0.1, -0.05) is 16.7 Å². The Morgan fingerprint density at radius 2 is 2.23 bits per heavy atom. The number of hydrogen-bond donors (Lipinski definition) is 1. The zero-order valence-electron chi connectivity index (χ0n) is 13.6. The summed E-state index contributed by atoms with van der Waals surface area (Å²) in [5.74, 6) is 1.20. The third-order valence-electron chi connectivity index (χ3n) is 4.35. The van der Waals surface area contributed by atoms with Gasteiger partial charge in [0, 0.05) is 28.1 Å². The van der Waals surface area contributed by atoms with E-state index < -0.39 is 5.54 Å². The molecule has 0 radical (unpaired) electrons. The molecule has 9 nitrogen and oxygen atoms in total. The summed E-state index contributed by atoms with van der Waals surface area (Å²) >= 11 is 6.18. The van der Waals surface area contributed by atoms with Gasteiger partial charge in [-0.15, -0.1) is 0 Å². The first-order valence-corrected chi connectivity index (χ1v) is 8.06. The Morgan fingerprint density at radius 1 is 1.38 bits per heavy atom. The Hall–Kier alpha value is -3.16. The van der Waals surface area contributed by atoms with Gasteiger partial charge in [0.05, 0.1) is 13.7 Å². The monoisotopic (exact) mass is 372 g/mol. The molecule has 0 unspecified atom stereocenters. The number of halogens is 1. The molecule has 4 rings (SSSR count). The largest absolute Gasteiger partial charge is 0.478 e. The van der Waals surface area contributed by atoms with Crippen LogP contribution in [0.25, 0.3) is 10.4 Å². The number of azide groups is 1. The summed E-state index contributed by atoms with van der Waals surface area (Å²) in [4.78, 5) is 11.6. The van der Waals surface area contributed by atoms with Crippen molar-refractivity contribution in [3.05, 3.63) is 51.0 Å². The van der Waals surface area contributed by atoms with E-state index in [-0.39, 0.29) is 17.1 Å². The van der Waals surface area contributed by atoms with Crippen LogP contribution in [0.15, 0.2) is 34.4 Å².